The van der Waals surface area contributed by atoms with E-state index in [4.69, 9.17) is 5.11 Å². The van der Waals surface area contributed by atoms with Crippen molar-refractivity contribution in [3.63, 3.8) is 0 Å². The fraction of sp³-hybridized carbons (Fsp3) is 0.615. The third kappa shape index (κ3) is 3.56. The second-order valence-corrected chi connectivity index (χ2v) is 5.18. The van der Waals surface area contributed by atoms with Gasteiger partial charge in [-0.05, 0) is 32.3 Å². The minimum absolute atomic E-state index is 0.0173. The van der Waals surface area contributed by atoms with Crippen molar-refractivity contribution in [1.82, 2.24) is 15.1 Å². The minimum Gasteiger partial charge on any atom is -0.481 e. The summed E-state index contributed by atoms with van der Waals surface area (Å²) in [6, 6.07) is 1.82. The Hall–Kier alpha value is -1.85. The zero-order chi connectivity index (χ0) is 13.8. The van der Waals surface area contributed by atoms with Crippen LogP contribution in [-0.2, 0) is 16.1 Å². The largest absolute Gasteiger partial charge is 0.481 e. The Morgan fingerprint density at radius 3 is 2.79 bits per heavy atom. The maximum Gasteiger partial charge on any atom is 0.306 e. The lowest BCUT2D eigenvalue weighted by Crippen LogP contribution is -2.39. The molecule has 2 rings (SSSR count). The number of aliphatic carboxylic acids is 1. The van der Waals surface area contributed by atoms with Crippen molar-refractivity contribution in [2.75, 3.05) is 0 Å². The number of carbonyl (C=O) groups is 2. The summed E-state index contributed by atoms with van der Waals surface area (Å²) in [5.41, 5.74) is 0. The van der Waals surface area contributed by atoms with Crippen LogP contribution in [0.3, 0.4) is 0 Å². The standard InChI is InChI=1S/C13H19N3O3/c1-9(8-16-6-2-5-14-16)15-12(17)10-3-4-11(7-10)13(18)19/h2,5-6,9-11H,3-4,7-8H2,1H3,(H,15,17)(H,18,19). The van der Waals surface area contributed by atoms with E-state index in [1.165, 1.54) is 0 Å². The van der Waals surface area contributed by atoms with E-state index < -0.39 is 5.97 Å². The molecule has 0 aromatic carbocycles. The Kier molecular flexibility index (Phi) is 4.19. The van der Waals surface area contributed by atoms with E-state index >= 15 is 0 Å². The van der Waals surface area contributed by atoms with Crippen LogP contribution in [0, 0.1) is 11.8 Å². The van der Waals surface area contributed by atoms with Gasteiger partial charge in [0, 0.05) is 24.4 Å². The maximum absolute atomic E-state index is 12.0. The summed E-state index contributed by atoms with van der Waals surface area (Å²) in [5.74, 6) is -1.36. The SMILES string of the molecule is CC(Cn1cccn1)NC(=O)C1CCC(C(=O)O)C1. The minimum atomic E-state index is -0.792. The zero-order valence-corrected chi connectivity index (χ0v) is 11.0. The third-order valence-corrected chi connectivity index (χ3v) is 3.56. The van der Waals surface area contributed by atoms with Gasteiger partial charge in [-0.2, -0.15) is 5.10 Å². The molecular formula is C13H19N3O3. The number of nitrogens with zero attached hydrogens (tertiary/aromatic N) is 2. The number of hydrogen-bond acceptors (Lipinski definition) is 3. The van der Waals surface area contributed by atoms with E-state index in [-0.39, 0.29) is 23.8 Å². The highest BCUT2D eigenvalue weighted by Gasteiger charge is 2.34. The molecule has 6 heteroatoms. The van der Waals surface area contributed by atoms with Crippen molar-refractivity contribution in [3.05, 3.63) is 18.5 Å². The van der Waals surface area contributed by atoms with Crippen molar-refractivity contribution >= 4 is 11.9 Å². The van der Waals surface area contributed by atoms with E-state index in [9.17, 15) is 9.59 Å². The Balaban J connectivity index is 1.79. The lowest BCUT2D eigenvalue weighted by Gasteiger charge is -2.17. The number of hydrogen-bond donors (Lipinski definition) is 2. The molecule has 3 atom stereocenters. The van der Waals surface area contributed by atoms with Crippen LogP contribution >= 0.6 is 0 Å². The molecule has 19 heavy (non-hydrogen) atoms. The Morgan fingerprint density at radius 1 is 1.47 bits per heavy atom. The highest BCUT2D eigenvalue weighted by atomic mass is 16.4. The van der Waals surface area contributed by atoms with E-state index in [1.54, 1.807) is 10.9 Å². The average Bonchev–Trinajstić information content (AvgIpc) is 2.98. The fourth-order valence-electron chi connectivity index (χ4n) is 2.54. The molecular weight excluding hydrogens is 246 g/mol. The summed E-state index contributed by atoms with van der Waals surface area (Å²) >= 11 is 0. The van der Waals surface area contributed by atoms with Crippen LogP contribution in [0.2, 0.25) is 0 Å². The van der Waals surface area contributed by atoms with Gasteiger partial charge in [0.05, 0.1) is 12.5 Å². The molecule has 0 bridgehead atoms. The van der Waals surface area contributed by atoms with Gasteiger partial charge in [0.25, 0.3) is 0 Å². The van der Waals surface area contributed by atoms with Crippen LogP contribution in [0.1, 0.15) is 26.2 Å². The van der Waals surface area contributed by atoms with Gasteiger partial charge < -0.3 is 10.4 Å². The number of aromatic nitrogens is 2. The van der Waals surface area contributed by atoms with Gasteiger partial charge in [-0.3, -0.25) is 14.3 Å². The van der Waals surface area contributed by atoms with Crippen molar-refractivity contribution in [1.29, 1.82) is 0 Å². The van der Waals surface area contributed by atoms with Crippen molar-refractivity contribution in [2.45, 2.75) is 38.8 Å². The first-order valence-corrected chi connectivity index (χ1v) is 6.57. The molecule has 1 aliphatic carbocycles. The predicted molar refractivity (Wildman–Crippen MR) is 68.3 cm³/mol. The Labute approximate surface area is 111 Å². The van der Waals surface area contributed by atoms with Gasteiger partial charge in [0.2, 0.25) is 5.91 Å². The van der Waals surface area contributed by atoms with Gasteiger partial charge in [-0.25, -0.2) is 0 Å². The molecule has 104 valence electrons. The smallest absolute Gasteiger partial charge is 0.306 e. The zero-order valence-electron chi connectivity index (χ0n) is 11.0. The van der Waals surface area contributed by atoms with Gasteiger partial charge in [-0.15, -0.1) is 0 Å². The van der Waals surface area contributed by atoms with Crippen molar-refractivity contribution in [3.8, 4) is 0 Å². The summed E-state index contributed by atoms with van der Waals surface area (Å²) in [6.45, 7) is 2.54. The van der Waals surface area contributed by atoms with E-state index in [1.807, 2.05) is 19.2 Å². The summed E-state index contributed by atoms with van der Waals surface area (Å²) in [6.07, 6.45) is 5.26. The summed E-state index contributed by atoms with van der Waals surface area (Å²) < 4.78 is 1.76. The number of carboxylic acid groups (broad SMARTS) is 1. The molecule has 1 aromatic rings. The average molecular weight is 265 g/mol. The Bertz CT molecular complexity index is 444. The number of nitrogens with one attached hydrogen (secondary N) is 1. The number of amides is 1. The topological polar surface area (TPSA) is 84.2 Å². The summed E-state index contributed by atoms with van der Waals surface area (Å²) in [4.78, 5) is 22.9. The van der Waals surface area contributed by atoms with E-state index in [2.05, 4.69) is 10.4 Å². The summed E-state index contributed by atoms with van der Waals surface area (Å²) in [5, 5.41) is 15.9. The van der Waals surface area contributed by atoms with Gasteiger partial charge in [-0.1, -0.05) is 0 Å². The first-order valence-electron chi connectivity index (χ1n) is 6.57. The third-order valence-electron chi connectivity index (χ3n) is 3.56. The molecule has 0 aliphatic heterocycles. The molecule has 1 saturated carbocycles. The molecule has 1 fully saturated rings. The van der Waals surface area contributed by atoms with Crippen molar-refractivity contribution < 1.29 is 14.7 Å². The number of carboxylic acids is 1. The molecule has 2 N–H and O–H groups in total. The summed E-state index contributed by atoms with van der Waals surface area (Å²) in [7, 11) is 0. The molecule has 1 amide bonds. The van der Waals surface area contributed by atoms with Gasteiger partial charge >= 0.3 is 5.97 Å². The van der Waals surface area contributed by atoms with Crippen LogP contribution in [0.5, 0.6) is 0 Å². The molecule has 0 radical (unpaired) electrons. The van der Waals surface area contributed by atoms with E-state index in [0.29, 0.717) is 25.8 Å². The first kappa shape index (κ1) is 13.6. The predicted octanol–water partition coefficient (Wildman–Crippen LogP) is 0.889. The second-order valence-electron chi connectivity index (χ2n) is 5.18. The van der Waals surface area contributed by atoms with Crippen LogP contribution in [0.15, 0.2) is 18.5 Å². The molecule has 3 unspecified atom stereocenters. The molecule has 6 nitrogen and oxygen atoms in total. The van der Waals surface area contributed by atoms with Crippen LogP contribution in [0.25, 0.3) is 0 Å². The quantitative estimate of drug-likeness (QED) is 0.828. The second kappa shape index (κ2) is 5.86. The first-order chi connectivity index (χ1) is 9.06. The lowest BCUT2D eigenvalue weighted by molar-refractivity contribution is -0.141. The fourth-order valence-corrected chi connectivity index (χ4v) is 2.54. The van der Waals surface area contributed by atoms with E-state index in [0.717, 1.165) is 0 Å². The van der Waals surface area contributed by atoms with Gasteiger partial charge in [0.15, 0.2) is 0 Å². The normalized spacial score (nSPS) is 24.1. The monoisotopic (exact) mass is 265 g/mol. The molecule has 1 heterocycles. The van der Waals surface area contributed by atoms with Crippen LogP contribution < -0.4 is 5.32 Å². The van der Waals surface area contributed by atoms with Gasteiger partial charge in [0.1, 0.15) is 0 Å². The number of rotatable bonds is 5. The van der Waals surface area contributed by atoms with Crippen molar-refractivity contribution in [2.24, 2.45) is 11.8 Å². The molecule has 0 spiro atoms. The molecule has 1 aliphatic rings. The molecule has 1 aromatic heterocycles. The lowest BCUT2D eigenvalue weighted by atomic mass is 10.0. The molecule has 0 saturated heterocycles. The van der Waals surface area contributed by atoms with Crippen LogP contribution in [0.4, 0.5) is 0 Å². The highest BCUT2D eigenvalue weighted by Crippen LogP contribution is 2.31. The van der Waals surface area contributed by atoms with Crippen LogP contribution in [-0.4, -0.2) is 32.8 Å². The highest BCUT2D eigenvalue weighted by molar-refractivity contribution is 5.81. The Morgan fingerprint density at radius 2 is 2.21 bits per heavy atom. The maximum atomic E-state index is 12.0. The number of carbonyl (C=O) groups excluding carboxylic acids is 1.